The number of amides is 1. The summed E-state index contributed by atoms with van der Waals surface area (Å²) in [4.78, 5) is 18.7. The molecule has 0 unspecified atom stereocenters. The Morgan fingerprint density at radius 2 is 1.96 bits per heavy atom. The zero-order chi connectivity index (χ0) is 18.3. The minimum Gasteiger partial charge on any atom is -0.301 e. The van der Waals surface area contributed by atoms with Crippen LogP contribution in [-0.4, -0.2) is 35.9 Å². The SMILES string of the molecule is CS(=O)(=O)N1Cc2ccccc2C[C@H]1C(=O)Nc1nc2c(s1)CCCC2. The number of aryl methyl sites for hydroxylation is 2. The zero-order valence-electron chi connectivity index (χ0n) is 14.6. The second kappa shape index (κ2) is 6.75. The lowest BCUT2D eigenvalue weighted by Gasteiger charge is -2.33. The zero-order valence-corrected chi connectivity index (χ0v) is 16.2. The molecule has 1 amide bonds. The Hall–Kier alpha value is -1.77. The topological polar surface area (TPSA) is 79.4 Å². The summed E-state index contributed by atoms with van der Waals surface area (Å²) in [6.07, 6.45) is 5.78. The monoisotopic (exact) mass is 391 g/mol. The van der Waals surface area contributed by atoms with Crippen molar-refractivity contribution >= 4 is 32.4 Å². The van der Waals surface area contributed by atoms with Crippen LogP contribution in [0.5, 0.6) is 0 Å². The Morgan fingerprint density at radius 3 is 2.69 bits per heavy atom. The summed E-state index contributed by atoms with van der Waals surface area (Å²) in [5, 5.41) is 3.44. The van der Waals surface area contributed by atoms with Crippen molar-refractivity contribution in [3.05, 3.63) is 46.0 Å². The van der Waals surface area contributed by atoms with Gasteiger partial charge in [0.2, 0.25) is 15.9 Å². The Morgan fingerprint density at radius 1 is 1.23 bits per heavy atom. The van der Waals surface area contributed by atoms with Crippen LogP contribution in [0.2, 0.25) is 0 Å². The van der Waals surface area contributed by atoms with Crippen molar-refractivity contribution < 1.29 is 13.2 Å². The van der Waals surface area contributed by atoms with Gasteiger partial charge in [-0.05, 0) is 43.2 Å². The largest absolute Gasteiger partial charge is 0.301 e. The van der Waals surface area contributed by atoms with Crippen LogP contribution in [-0.2, 0) is 40.6 Å². The molecule has 1 aromatic carbocycles. The molecule has 0 radical (unpaired) electrons. The third kappa shape index (κ3) is 3.41. The Kier molecular flexibility index (Phi) is 4.58. The number of nitrogens with one attached hydrogen (secondary N) is 1. The maximum atomic E-state index is 12.9. The Balaban J connectivity index is 1.59. The van der Waals surface area contributed by atoms with E-state index in [1.165, 1.54) is 20.5 Å². The molecule has 4 rings (SSSR count). The highest BCUT2D eigenvalue weighted by atomic mass is 32.2. The van der Waals surface area contributed by atoms with Gasteiger partial charge in [0, 0.05) is 11.4 Å². The molecule has 0 saturated carbocycles. The van der Waals surface area contributed by atoms with Crippen LogP contribution in [0.15, 0.2) is 24.3 Å². The molecular weight excluding hydrogens is 370 g/mol. The smallest absolute Gasteiger partial charge is 0.244 e. The van der Waals surface area contributed by atoms with E-state index in [2.05, 4.69) is 10.3 Å². The molecule has 1 aromatic heterocycles. The second-order valence-electron chi connectivity index (χ2n) is 6.88. The molecule has 1 N–H and O–H groups in total. The van der Waals surface area contributed by atoms with Gasteiger partial charge in [-0.3, -0.25) is 4.79 Å². The molecule has 1 aliphatic heterocycles. The van der Waals surface area contributed by atoms with Gasteiger partial charge < -0.3 is 5.32 Å². The molecule has 0 fully saturated rings. The fraction of sp³-hybridized carbons (Fsp3) is 0.444. The van der Waals surface area contributed by atoms with E-state index in [4.69, 9.17) is 0 Å². The first-order valence-corrected chi connectivity index (χ1v) is 11.4. The highest BCUT2D eigenvalue weighted by Gasteiger charge is 2.37. The van der Waals surface area contributed by atoms with Gasteiger partial charge in [0.25, 0.3) is 0 Å². The summed E-state index contributed by atoms with van der Waals surface area (Å²) in [7, 11) is -3.50. The van der Waals surface area contributed by atoms with Crippen LogP contribution < -0.4 is 5.32 Å². The van der Waals surface area contributed by atoms with Crippen molar-refractivity contribution in [3.63, 3.8) is 0 Å². The Labute approximate surface area is 157 Å². The molecule has 26 heavy (non-hydrogen) atoms. The third-order valence-corrected chi connectivity index (χ3v) is 7.32. The van der Waals surface area contributed by atoms with Crippen LogP contribution in [0.1, 0.15) is 34.5 Å². The van der Waals surface area contributed by atoms with Crippen molar-refractivity contribution in [2.24, 2.45) is 0 Å². The fourth-order valence-corrected chi connectivity index (χ4v) is 5.72. The quantitative estimate of drug-likeness (QED) is 0.871. The number of sulfonamides is 1. The number of benzene rings is 1. The van der Waals surface area contributed by atoms with E-state index >= 15 is 0 Å². The third-order valence-electron chi connectivity index (χ3n) is 5.01. The number of thiazole rings is 1. The van der Waals surface area contributed by atoms with Crippen molar-refractivity contribution in [2.45, 2.75) is 44.7 Å². The van der Waals surface area contributed by atoms with E-state index in [-0.39, 0.29) is 12.5 Å². The molecule has 0 spiro atoms. The minimum absolute atomic E-state index is 0.224. The Bertz CT molecular complexity index is 929. The van der Waals surface area contributed by atoms with Crippen molar-refractivity contribution in [1.82, 2.24) is 9.29 Å². The minimum atomic E-state index is -3.50. The lowest BCUT2D eigenvalue weighted by atomic mass is 9.95. The van der Waals surface area contributed by atoms with Gasteiger partial charge in [-0.15, -0.1) is 11.3 Å². The van der Waals surface area contributed by atoms with Crippen molar-refractivity contribution in [3.8, 4) is 0 Å². The number of carbonyl (C=O) groups is 1. The van der Waals surface area contributed by atoms with Crippen LogP contribution in [0.4, 0.5) is 5.13 Å². The number of hydrogen-bond donors (Lipinski definition) is 1. The summed E-state index contributed by atoms with van der Waals surface area (Å²) < 4.78 is 25.8. The standard InChI is InChI=1S/C18H21N3O3S2/c1-26(23,24)21-11-13-7-3-2-6-12(13)10-15(21)17(22)20-18-19-14-8-4-5-9-16(14)25-18/h2-3,6-7,15H,4-5,8-11H2,1H3,(H,19,20,22)/t15-/m0/s1. The summed E-state index contributed by atoms with van der Waals surface area (Å²) in [6, 6.07) is 6.92. The molecule has 6 nitrogen and oxygen atoms in total. The number of fused-ring (bicyclic) bond motifs is 2. The van der Waals surface area contributed by atoms with E-state index in [0.717, 1.165) is 48.8 Å². The molecule has 0 bridgehead atoms. The summed E-state index contributed by atoms with van der Waals surface area (Å²) in [5.41, 5.74) is 3.04. The predicted molar refractivity (Wildman–Crippen MR) is 102 cm³/mol. The number of nitrogens with zero attached hydrogens (tertiary/aromatic N) is 2. The summed E-state index contributed by atoms with van der Waals surface area (Å²) in [5.74, 6) is -0.309. The summed E-state index contributed by atoms with van der Waals surface area (Å²) >= 11 is 1.51. The van der Waals surface area contributed by atoms with Gasteiger partial charge in [0.1, 0.15) is 6.04 Å². The van der Waals surface area contributed by atoms with Gasteiger partial charge in [0.15, 0.2) is 5.13 Å². The average molecular weight is 392 g/mol. The number of carbonyl (C=O) groups excluding carboxylic acids is 1. The van der Waals surface area contributed by atoms with Gasteiger partial charge in [-0.25, -0.2) is 13.4 Å². The molecular formula is C18H21N3O3S2. The van der Waals surface area contributed by atoms with Gasteiger partial charge in [0.05, 0.1) is 11.9 Å². The predicted octanol–water partition coefficient (Wildman–Crippen LogP) is 2.35. The van der Waals surface area contributed by atoms with Gasteiger partial charge in [-0.1, -0.05) is 24.3 Å². The average Bonchev–Trinajstić information content (AvgIpc) is 3.02. The first kappa shape index (κ1) is 17.6. The van der Waals surface area contributed by atoms with E-state index in [0.29, 0.717) is 11.6 Å². The highest BCUT2D eigenvalue weighted by molar-refractivity contribution is 7.88. The molecule has 2 aromatic rings. The maximum Gasteiger partial charge on any atom is 0.244 e. The van der Waals surface area contributed by atoms with E-state index in [1.807, 2.05) is 24.3 Å². The molecule has 0 saturated heterocycles. The first-order valence-electron chi connectivity index (χ1n) is 8.75. The fourth-order valence-electron chi connectivity index (χ4n) is 3.67. The molecule has 8 heteroatoms. The van der Waals surface area contributed by atoms with E-state index < -0.39 is 16.1 Å². The van der Waals surface area contributed by atoms with Gasteiger partial charge >= 0.3 is 0 Å². The molecule has 1 atom stereocenters. The molecule has 138 valence electrons. The van der Waals surface area contributed by atoms with Crippen LogP contribution >= 0.6 is 11.3 Å². The number of rotatable bonds is 3. The first-order chi connectivity index (χ1) is 12.4. The van der Waals surface area contributed by atoms with Crippen LogP contribution in [0.25, 0.3) is 0 Å². The number of anilines is 1. The normalized spacial score (nSPS) is 20.3. The van der Waals surface area contributed by atoms with Crippen LogP contribution in [0, 0.1) is 0 Å². The van der Waals surface area contributed by atoms with E-state index in [1.54, 1.807) is 0 Å². The second-order valence-corrected chi connectivity index (χ2v) is 9.90. The molecule has 1 aliphatic carbocycles. The lowest BCUT2D eigenvalue weighted by molar-refractivity contribution is -0.120. The number of aromatic nitrogens is 1. The van der Waals surface area contributed by atoms with Crippen LogP contribution in [0.3, 0.4) is 0 Å². The highest BCUT2D eigenvalue weighted by Crippen LogP contribution is 2.31. The summed E-state index contributed by atoms with van der Waals surface area (Å²) in [6.45, 7) is 0.224. The van der Waals surface area contributed by atoms with Crippen molar-refractivity contribution in [2.75, 3.05) is 11.6 Å². The lowest BCUT2D eigenvalue weighted by Crippen LogP contribution is -2.50. The van der Waals surface area contributed by atoms with Gasteiger partial charge in [-0.2, -0.15) is 4.31 Å². The maximum absolute atomic E-state index is 12.9. The number of hydrogen-bond acceptors (Lipinski definition) is 5. The molecule has 2 aliphatic rings. The molecule has 2 heterocycles. The van der Waals surface area contributed by atoms with E-state index in [9.17, 15) is 13.2 Å². The van der Waals surface area contributed by atoms with Crippen molar-refractivity contribution in [1.29, 1.82) is 0 Å².